The molecule has 11 heteroatoms. The van der Waals surface area contributed by atoms with Crippen molar-refractivity contribution in [2.75, 3.05) is 0 Å². The van der Waals surface area contributed by atoms with E-state index in [1.165, 1.54) is 0 Å². The van der Waals surface area contributed by atoms with Crippen LogP contribution in [0.4, 0.5) is 11.4 Å². The van der Waals surface area contributed by atoms with Gasteiger partial charge in [-0.2, -0.15) is 5.11 Å². The summed E-state index contributed by atoms with van der Waals surface area (Å²) in [6.07, 6.45) is 0. The topological polar surface area (TPSA) is 168 Å². The minimum Gasteiger partial charge on any atom is -0.493 e. The molecule has 0 bridgehead atoms. The van der Waals surface area contributed by atoms with Gasteiger partial charge in [0.05, 0.1) is 16.8 Å². The molecule has 5 N–H and O–H groups in total. The molecular formula is C12H8N4O6S. The van der Waals surface area contributed by atoms with E-state index in [9.17, 15) is 19.5 Å². The minimum atomic E-state index is -1.35. The first-order valence-electron chi connectivity index (χ1n) is 5.87. The number of aromatic carboxylic acids is 2. The van der Waals surface area contributed by atoms with Crippen LogP contribution in [-0.4, -0.2) is 37.2 Å². The third-order valence-electron chi connectivity index (χ3n) is 2.58. The van der Waals surface area contributed by atoms with Crippen molar-refractivity contribution in [1.82, 2.24) is 9.97 Å². The van der Waals surface area contributed by atoms with E-state index in [0.29, 0.717) is 0 Å². The van der Waals surface area contributed by atoms with Gasteiger partial charge in [0, 0.05) is 0 Å². The molecule has 0 fully saturated rings. The summed E-state index contributed by atoms with van der Waals surface area (Å²) in [5.74, 6) is -3.33. The maximum Gasteiger partial charge on any atom is 0.335 e. The molecule has 0 aliphatic rings. The molecule has 2 rings (SSSR count). The summed E-state index contributed by atoms with van der Waals surface area (Å²) >= 11 is 4.64. The second kappa shape index (κ2) is 6.19. The van der Waals surface area contributed by atoms with E-state index in [1.54, 1.807) is 0 Å². The number of nitrogens with one attached hydrogen (secondary N) is 2. The number of azo groups is 1. The highest BCUT2D eigenvalue weighted by molar-refractivity contribution is 7.71. The Morgan fingerprint density at radius 3 is 2.04 bits per heavy atom. The summed E-state index contributed by atoms with van der Waals surface area (Å²) in [5.41, 5.74) is -2.06. The van der Waals surface area contributed by atoms with Crippen molar-refractivity contribution in [2.45, 2.75) is 0 Å². The van der Waals surface area contributed by atoms with E-state index in [0.717, 1.165) is 18.2 Å². The number of rotatable bonds is 4. The zero-order valence-electron chi connectivity index (χ0n) is 11.1. The molecule has 1 aromatic heterocycles. The van der Waals surface area contributed by atoms with Gasteiger partial charge in [0.15, 0.2) is 4.77 Å². The van der Waals surface area contributed by atoms with Crippen LogP contribution in [0, 0.1) is 4.77 Å². The van der Waals surface area contributed by atoms with Crippen molar-refractivity contribution < 1.29 is 24.9 Å². The lowest BCUT2D eigenvalue weighted by Gasteiger charge is -2.01. The first kappa shape index (κ1) is 16.0. The Labute approximate surface area is 131 Å². The van der Waals surface area contributed by atoms with Crippen LogP contribution in [0.2, 0.25) is 0 Å². The van der Waals surface area contributed by atoms with Crippen LogP contribution in [0.1, 0.15) is 20.7 Å². The molecular weight excluding hydrogens is 328 g/mol. The number of aromatic hydroxyl groups is 1. The van der Waals surface area contributed by atoms with Gasteiger partial charge >= 0.3 is 11.9 Å². The van der Waals surface area contributed by atoms with Crippen molar-refractivity contribution in [3.8, 4) is 5.88 Å². The largest absolute Gasteiger partial charge is 0.493 e. The Kier molecular flexibility index (Phi) is 4.32. The molecule has 118 valence electrons. The van der Waals surface area contributed by atoms with Gasteiger partial charge in [-0.1, -0.05) is 0 Å². The average molecular weight is 336 g/mol. The number of aromatic nitrogens is 2. The lowest BCUT2D eigenvalue weighted by Crippen LogP contribution is -2.06. The number of carbonyl (C=O) groups is 2. The fourth-order valence-electron chi connectivity index (χ4n) is 1.58. The Balaban J connectivity index is 2.52. The molecule has 0 aliphatic heterocycles. The predicted octanol–water partition coefficient (Wildman–Crippen LogP) is 1.95. The minimum absolute atomic E-state index is 0.118. The molecule has 10 nitrogen and oxygen atoms in total. The van der Waals surface area contributed by atoms with Crippen LogP contribution >= 0.6 is 12.2 Å². The number of hydrogen-bond donors (Lipinski definition) is 5. The predicted molar refractivity (Wildman–Crippen MR) is 78.4 cm³/mol. The molecule has 0 saturated carbocycles. The molecule has 0 atom stereocenters. The molecule has 2 aromatic rings. The van der Waals surface area contributed by atoms with Crippen LogP contribution in [0.5, 0.6) is 5.88 Å². The molecule has 0 saturated heterocycles. The van der Waals surface area contributed by atoms with E-state index >= 15 is 0 Å². The van der Waals surface area contributed by atoms with E-state index in [1.807, 2.05) is 0 Å². The van der Waals surface area contributed by atoms with Gasteiger partial charge in [0.25, 0.3) is 5.56 Å². The number of aromatic amines is 2. The van der Waals surface area contributed by atoms with Crippen molar-refractivity contribution in [1.29, 1.82) is 0 Å². The lowest BCUT2D eigenvalue weighted by molar-refractivity contribution is 0.0696. The first-order valence-corrected chi connectivity index (χ1v) is 6.27. The average Bonchev–Trinajstić information content (AvgIpc) is 2.45. The third-order valence-corrected chi connectivity index (χ3v) is 2.78. The molecule has 0 amide bonds. The van der Waals surface area contributed by atoms with Crippen LogP contribution in [-0.2, 0) is 0 Å². The summed E-state index contributed by atoms with van der Waals surface area (Å²) in [5, 5.41) is 34.5. The van der Waals surface area contributed by atoms with Crippen LogP contribution < -0.4 is 5.56 Å². The normalized spacial score (nSPS) is 10.8. The van der Waals surface area contributed by atoms with Crippen molar-refractivity contribution in [3.05, 3.63) is 44.5 Å². The quantitative estimate of drug-likeness (QED) is 0.420. The number of nitrogens with zero attached hydrogens (tertiary/aromatic N) is 2. The van der Waals surface area contributed by atoms with Crippen molar-refractivity contribution in [3.63, 3.8) is 0 Å². The molecule has 0 radical (unpaired) electrons. The number of H-pyrrole nitrogens is 2. The van der Waals surface area contributed by atoms with E-state index in [4.69, 9.17) is 10.2 Å². The fraction of sp³-hybridized carbons (Fsp3) is 0. The van der Waals surface area contributed by atoms with E-state index in [-0.39, 0.29) is 21.6 Å². The summed E-state index contributed by atoms with van der Waals surface area (Å²) in [4.78, 5) is 38.0. The number of benzene rings is 1. The standard InChI is InChI=1S/C12H8N4O6S/c17-8-7(9(18)14-12(23)13-8)16-15-6-2-4(10(19)20)1-5(3-6)11(21)22/h1-3H,(H,19,20)(H,21,22)(H3,13,14,17,18,23). The maximum atomic E-state index is 11.6. The first-order chi connectivity index (χ1) is 10.8. The molecule has 23 heavy (non-hydrogen) atoms. The molecule has 0 unspecified atom stereocenters. The molecule has 1 heterocycles. The molecule has 0 spiro atoms. The fourth-order valence-corrected chi connectivity index (χ4v) is 1.77. The van der Waals surface area contributed by atoms with E-state index in [2.05, 4.69) is 32.4 Å². The lowest BCUT2D eigenvalue weighted by atomic mass is 10.1. The Bertz CT molecular complexity index is 913. The summed E-state index contributed by atoms with van der Waals surface area (Å²) in [7, 11) is 0. The molecule has 1 aromatic carbocycles. The number of carboxylic acid groups (broad SMARTS) is 2. The number of hydrogen-bond acceptors (Lipinski definition) is 7. The Morgan fingerprint density at radius 2 is 1.57 bits per heavy atom. The van der Waals surface area contributed by atoms with Gasteiger partial charge < -0.3 is 20.3 Å². The van der Waals surface area contributed by atoms with Crippen molar-refractivity contribution in [2.24, 2.45) is 10.2 Å². The molecule has 0 aliphatic carbocycles. The zero-order chi connectivity index (χ0) is 17.1. The van der Waals surface area contributed by atoms with Gasteiger partial charge in [-0.05, 0) is 30.4 Å². The van der Waals surface area contributed by atoms with E-state index < -0.39 is 29.1 Å². The van der Waals surface area contributed by atoms with Crippen LogP contribution in [0.15, 0.2) is 33.2 Å². The zero-order valence-corrected chi connectivity index (χ0v) is 11.9. The summed E-state index contributed by atoms with van der Waals surface area (Å²) in [6, 6.07) is 3.08. The van der Waals surface area contributed by atoms with Crippen LogP contribution in [0.3, 0.4) is 0 Å². The highest BCUT2D eigenvalue weighted by atomic mass is 32.1. The highest BCUT2D eigenvalue weighted by Gasteiger charge is 2.12. The third kappa shape index (κ3) is 3.65. The van der Waals surface area contributed by atoms with Gasteiger partial charge in [-0.25, -0.2) is 9.59 Å². The van der Waals surface area contributed by atoms with Gasteiger partial charge in [-0.3, -0.25) is 9.78 Å². The summed E-state index contributed by atoms with van der Waals surface area (Å²) < 4.78 is -0.118. The SMILES string of the molecule is O=C(O)c1cc(N=Nc2c(O)[nH]c(=S)[nH]c2=O)cc(C(=O)O)c1. The maximum absolute atomic E-state index is 11.6. The Hall–Kier alpha value is -3.34. The second-order valence-electron chi connectivity index (χ2n) is 4.18. The summed E-state index contributed by atoms with van der Waals surface area (Å²) in [6.45, 7) is 0. The Morgan fingerprint density at radius 1 is 1.00 bits per heavy atom. The highest BCUT2D eigenvalue weighted by Crippen LogP contribution is 2.23. The van der Waals surface area contributed by atoms with Crippen molar-refractivity contribution >= 4 is 35.5 Å². The smallest absolute Gasteiger partial charge is 0.335 e. The monoisotopic (exact) mass is 336 g/mol. The van der Waals surface area contributed by atoms with Gasteiger partial charge in [-0.15, -0.1) is 5.11 Å². The van der Waals surface area contributed by atoms with Crippen LogP contribution in [0.25, 0.3) is 0 Å². The second-order valence-corrected chi connectivity index (χ2v) is 4.59. The van der Waals surface area contributed by atoms with Gasteiger partial charge in [0.2, 0.25) is 11.6 Å². The number of carboxylic acids is 2. The van der Waals surface area contributed by atoms with Gasteiger partial charge in [0.1, 0.15) is 0 Å².